The van der Waals surface area contributed by atoms with E-state index in [-0.39, 0.29) is 0 Å². The second-order valence-electron chi connectivity index (χ2n) is 7.26. The van der Waals surface area contributed by atoms with Crippen LogP contribution in [0.2, 0.25) is 0 Å². The van der Waals surface area contributed by atoms with E-state index in [1.807, 2.05) is 0 Å². The molecule has 1 heteroatoms. The standard InChI is InChI=1S/C15H29N/c1-11(2)16-13-8-6-7-12(13)9-10-14(16)15(3,4)5/h11-14H,6-10H2,1-5H3. The highest BCUT2D eigenvalue weighted by Crippen LogP contribution is 2.44. The highest BCUT2D eigenvalue weighted by atomic mass is 15.2. The molecule has 1 aliphatic heterocycles. The summed E-state index contributed by atoms with van der Waals surface area (Å²) in [7, 11) is 0. The van der Waals surface area contributed by atoms with Gasteiger partial charge in [0, 0.05) is 18.1 Å². The summed E-state index contributed by atoms with van der Waals surface area (Å²) in [5, 5.41) is 0. The fourth-order valence-corrected chi connectivity index (χ4v) is 4.12. The lowest BCUT2D eigenvalue weighted by atomic mass is 9.75. The molecular formula is C15H29N. The summed E-state index contributed by atoms with van der Waals surface area (Å²) in [6.45, 7) is 12.0. The average Bonchev–Trinajstić information content (AvgIpc) is 2.61. The SMILES string of the molecule is CC(C)N1C2CCCC2CCC1C(C)(C)C. The Balaban J connectivity index is 2.20. The van der Waals surface area contributed by atoms with E-state index in [4.69, 9.17) is 0 Å². The molecule has 1 heterocycles. The topological polar surface area (TPSA) is 3.24 Å². The second kappa shape index (κ2) is 4.33. The van der Waals surface area contributed by atoms with Gasteiger partial charge < -0.3 is 0 Å². The largest absolute Gasteiger partial charge is 0.294 e. The highest BCUT2D eigenvalue weighted by molar-refractivity contribution is 4.98. The van der Waals surface area contributed by atoms with Crippen LogP contribution in [0.25, 0.3) is 0 Å². The van der Waals surface area contributed by atoms with Gasteiger partial charge in [-0.15, -0.1) is 0 Å². The average molecular weight is 223 g/mol. The zero-order chi connectivity index (χ0) is 11.9. The van der Waals surface area contributed by atoms with Crippen LogP contribution in [0.4, 0.5) is 0 Å². The zero-order valence-electron chi connectivity index (χ0n) is 11.8. The molecule has 2 aliphatic rings. The third-order valence-corrected chi connectivity index (χ3v) is 4.77. The van der Waals surface area contributed by atoms with Gasteiger partial charge in [0.05, 0.1) is 0 Å². The molecule has 1 saturated carbocycles. The number of fused-ring (bicyclic) bond motifs is 1. The minimum Gasteiger partial charge on any atom is -0.294 e. The van der Waals surface area contributed by atoms with Crippen LogP contribution >= 0.6 is 0 Å². The van der Waals surface area contributed by atoms with Crippen LogP contribution in [0.5, 0.6) is 0 Å². The van der Waals surface area contributed by atoms with Crippen molar-refractivity contribution in [1.82, 2.24) is 4.90 Å². The predicted octanol–water partition coefficient (Wildman–Crippen LogP) is 4.07. The predicted molar refractivity (Wildman–Crippen MR) is 70.6 cm³/mol. The monoisotopic (exact) mass is 223 g/mol. The summed E-state index contributed by atoms with van der Waals surface area (Å²) in [5.41, 5.74) is 0.442. The molecule has 16 heavy (non-hydrogen) atoms. The van der Waals surface area contributed by atoms with Gasteiger partial charge in [0.25, 0.3) is 0 Å². The first-order valence-electron chi connectivity index (χ1n) is 7.18. The van der Waals surface area contributed by atoms with Crippen LogP contribution in [-0.2, 0) is 0 Å². The zero-order valence-corrected chi connectivity index (χ0v) is 11.8. The molecule has 0 spiro atoms. The lowest BCUT2D eigenvalue weighted by Crippen LogP contribution is -2.56. The van der Waals surface area contributed by atoms with E-state index in [9.17, 15) is 0 Å². The maximum Gasteiger partial charge on any atom is 0.0150 e. The van der Waals surface area contributed by atoms with Crippen LogP contribution in [-0.4, -0.2) is 23.0 Å². The fourth-order valence-electron chi connectivity index (χ4n) is 4.12. The first-order chi connectivity index (χ1) is 7.41. The van der Waals surface area contributed by atoms with E-state index in [0.717, 1.165) is 24.0 Å². The van der Waals surface area contributed by atoms with Crippen molar-refractivity contribution in [2.24, 2.45) is 11.3 Å². The maximum absolute atomic E-state index is 2.86. The summed E-state index contributed by atoms with van der Waals surface area (Å²) in [6.07, 6.45) is 7.31. The minimum absolute atomic E-state index is 0.442. The van der Waals surface area contributed by atoms with E-state index in [0.29, 0.717) is 5.41 Å². The molecule has 0 aromatic rings. The molecule has 1 saturated heterocycles. The quantitative estimate of drug-likeness (QED) is 0.647. The highest BCUT2D eigenvalue weighted by Gasteiger charge is 2.44. The smallest absolute Gasteiger partial charge is 0.0150 e. The summed E-state index contributed by atoms with van der Waals surface area (Å²) < 4.78 is 0. The van der Waals surface area contributed by atoms with Crippen molar-refractivity contribution in [1.29, 1.82) is 0 Å². The Labute approximate surface area is 102 Å². The molecule has 0 N–H and O–H groups in total. The fraction of sp³-hybridized carbons (Fsp3) is 1.00. The van der Waals surface area contributed by atoms with Crippen LogP contribution in [0.3, 0.4) is 0 Å². The lowest BCUT2D eigenvalue weighted by Gasteiger charge is -2.51. The van der Waals surface area contributed by atoms with Crippen molar-refractivity contribution in [3.05, 3.63) is 0 Å². The van der Waals surface area contributed by atoms with Gasteiger partial charge in [-0.25, -0.2) is 0 Å². The van der Waals surface area contributed by atoms with Crippen LogP contribution in [0.15, 0.2) is 0 Å². The Bertz CT molecular complexity index is 238. The number of nitrogens with zero attached hydrogens (tertiary/aromatic N) is 1. The van der Waals surface area contributed by atoms with Gasteiger partial charge in [0.2, 0.25) is 0 Å². The van der Waals surface area contributed by atoms with Gasteiger partial charge in [-0.3, -0.25) is 4.90 Å². The van der Waals surface area contributed by atoms with E-state index in [2.05, 4.69) is 39.5 Å². The van der Waals surface area contributed by atoms with E-state index >= 15 is 0 Å². The van der Waals surface area contributed by atoms with Gasteiger partial charge >= 0.3 is 0 Å². The number of rotatable bonds is 1. The Morgan fingerprint density at radius 1 is 1.00 bits per heavy atom. The molecule has 0 amide bonds. The van der Waals surface area contributed by atoms with Crippen molar-refractivity contribution in [3.63, 3.8) is 0 Å². The molecule has 0 bridgehead atoms. The Kier molecular flexibility index (Phi) is 3.36. The van der Waals surface area contributed by atoms with Crippen molar-refractivity contribution in [3.8, 4) is 0 Å². The van der Waals surface area contributed by atoms with Crippen molar-refractivity contribution in [2.75, 3.05) is 0 Å². The molecular weight excluding hydrogens is 194 g/mol. The maximum atomic E-state index is 2.86. The van der Waals surface area contributed by atoms with Gasteiger partial charge in [0.1, 0.15) is 0 Å². The molecule has 3 unspecified atom stereocenters. The molecule has 0 aromatic carbocycles. The lowest BCUT2D eigenvalue weighted by molar-refractivity contribution is -0.0231. The molecule has 3 atom stereocenters. The number of likely N-dealkylation sites (tertiary alicyclic amines) is 1. The first-order valence-corrected chi connectivity index (χ1v) is 7.18. The van der Waals surface area contributed by atoms with Gasteiger partial charge in [-0.1, -0.05) is 27.2 Å². The Morgan fingerprint density at radius 3 is 2.25 bits per heavy atom. The van der Waals surface area contributed by atoms with Crippen LogP contribution in [0.1, 0.15) is 66.7 Å². The minimum atomic E-state index is 0.442. The van der Waals surface area contributed by atoms with Crippen LogP contribution in [0, 0.1) is 11.3 Å². The van der Waals surface area contributed by atoms with Gasteiger partial charge in [0.15, 0.2) is 0 Å². The van der Waals surface area contributed by atoms with Crippen molar-refractivity contribution < 1.29 is 0 Å². The van der Waals surface area contributed by atoms with E-state index in [1.54, 1.807) is 0 Å². The molecule has 1 aliphatic carbocycles. The van der Waals surface area contributed by atoms with Gasteiger partial charge in [-0.2, -0.15) is 0 Å². The van der Waals surface area contributed by atoms with Crippen LogP contribution < -0.4 is 0 Å². The molecule has 2 fully saturated rings. The third kappa shape index (κ3) is 2.16. The molecule has 0 radical (unpaired) electrons. The number of hydrogen-bond acceptors (Lipinski definition) is 1. The molecule has 1 nitrogen and oxygen atoms in total. The van der Waals surface area contributed by atoms with E-state index in [1.165, 1.54) is 32.1 Å². The third-order valence-electron chi connectivity index (χ3n) is 4.77. The number of hydrogen-bond donors (Lipinski definition) is 0. The van der Waals surface area contributed by atoms with Crippen molar-refractivity contribution in [2.45, 2.75) is 84.8 Å². The summed E-state index contributed by atoms with van der Waals surface area (Å²) in [4.78, 5) is 2.86. The normalized spacial score (nSPS) is 36.8. The Morgan fingerprint density at radius 2 is 1.69 bits per heavy atom. The first kappa shape index (κ1) is 12.4. The van der Waals surface area contributed by atoms with Gasteiger partial charge in [-0.05, 0) is 50.9 Å². The Hall–Kier alpha value is -0.0400. The van der Waals surface area contributed by atoms with Crippen molar-refractivity contribution >= 4 is 0 Å². The van der Waals surface area contributed by atoms with E-state index < -0.39 is 0 Å². The molecule has 94 valence electrons. The molecule has 0 aromatic heterocycles. The summed E-state index contributed by atoms with van der Waals surface area (Å²) in [5.74, 6) is 1.01. The second-order valence-corrected chi connectivity index (χ2v) is 7.26. The molecule has 2 rings (SSSR count). The number of piperidine rings is 1. The summed E-state index contributed by atoms with van der Waals surface area (Å²) in [6, 6.07) is 2.42. The summed E-state index contributed by atoms with van der Waals surface area (Å²) >= 11 is 0.